The van der Waals surface area contributed by atoms with Crippen LogP contribution in [0.1, 0.15) is 6.92 Å². The fourth-order valence-electron chi connectivity index (χ4n) is 0.362. The van der Waals surface area contributed by atoms with Gasteiger partial charge in [-0.25, -0.2) is 0 Å². The molecule has 5 nitrogen and oxygen atoms in total. The van der Waals surface area contributed by atoms with Crippen LogP contribution >= 0.6 is 0 Å². The first kappa shape index (κ1) is 10.3. The first-order valence-electron chi connectivity index (χ1n) is 3.29. The first-order valence-corrected chi connectivity index (χ1v) is 3.29. The van der Waals surface area contributed by atoms with Gasteiger partial charge >= 0.3 is 5.97 Å². The Morgan fingerprint density at radius 2 is 2.27 bits per heavy atom. The van der Waals surface area contributed by atoms with Gasteiger partial charge in [-0.15, -0.1) is 0 Å². The molecule has 0 heterocycles. The summed E-state index contributed by atoms with van der Waals surface area (Å²) in [6.45, 7) is 0.844. The smallest absolute Gasteiger partial charge is 0.322 e. The predicted octanol–water partition coefficient (Wildman–Crippen LogP) is -1.77. The van der Waals surface area contributed by atoms with Gasteiger partial charge in [0, 0.05) is 0 Å². The summed E-state index contributed by atoms with van der Waals surface area (Å²) in [6.07, 6.45) is -1.02. The summed E-state index contributed by atoms with van der Waals surface area (Å²) in [4.78, 5) is 10.6. The second-order valence-corrected chi connectivity index (χ2v) is 2.26. The highest BCUT2D eigenvalue weighted by Crippen LogP contribution is 1.87. The average molecular weight is 163 g/mol. The maximum Gasteiger partial charge on any atom is 0.322 e. The minimum absolute atomic E-state index is 0.211. The Morgan fingerprint density at radius 1 is 1.73 bits per heavy atom. The molecule has 1 unspecified atom stereocenters. The maximum absolute atomic E-state index is 10.6. The van der Waals surface area contributed by atoms with Crippen molar-refractivity contribution < 1.29 is 19.7 Å². The summed E-state index contributed by atoms with van der Waals surface area (Å²) in [6, 6.07) is -0.694. The quantitative estimate of drug-likeness (QED) is 0.426. The van der Waals surface area contributed by atoms with Crippen LogP contribution in [0.2, 0.25) is 0 Å². The minimum Gasteiger partial charge on any atom is -0.462 e. The fraction of sp³-hybridized carbons (Fsp3) is 0.833. The highest BCUT2D eigenvalue weighted by atomic mass is 16.5. The highest BCUT2D eigenvalue weighted by molar-refractivity contribution is 5.74. The number of ether oxygens (including phenoxy) is 1. The number of carbonyl (C=O) groups is 1. The fourth-order valence-corrected chi connectivity index (χ4v) is 0.362. The van der Waals surface area contributed by atoms with Crippen molar-refractivity contribution in [1.29, 1.82) is 0 Å². The zero-order valence-electron chi connectivity index (χ0n) is 6.36. The molecule has 4 N–H and O–H groups in total. The van der Waals surface area contributed by atoms with Crippen LogP contribution in [0.25, 0.3) is 0 Å². The molecule has 0 bridgehead atoms. The van der Waals surface area contributed by atoms with E-state index in [0.717, 1.165) is 0 Å². The Balaban J connectivity index is 3.46. The van der Waals surface area contributed by atoms with Gasteiger partial charge in [0.25, 0.3) is 0 Å². The highest BCUT2D eigenvalue weighted by Gasteiger charge is 2.10. The van der Waals surface area contributed by atoms with Crippen LogP contribution in [-0.2, 0) is 9.53 Å². The maximum atomic E-state index is 10.6. The lowest BCUT2D eigenvalue weighted by Gasteiger charge is -2.09. The van der Waals surface area contributed by atoms with Crippen molar-refractivity contribution in [1.82, 2.24) is 0 Å². The van der Waals surface area contributed by atoms with Crippen LogP contribution in [0.3, 0.4) is 0 Å². The number of hydrogen-bond acceptors (Lipinski definition) is 5. The van der Waals surface area contributed by atoms with E-state index in [1.807, 2.05) is 0 Å². The normalized spacial score (nSPS) is 15.6. The number of carbonyl (C=O) groups excluding carboxylic acids is 1. The number of nitrogens with two attached hydrogens (primary N) is 1. The molecule has 0 saturated heterocycles. The molecule has 0 amide bonds. The van der Waals surface area contributed by atoms with Crippen LogP contribution in [0.15, 0.2) is 0 Å². The topological polar surface area (TPSA) is 92.8 Å². The second kappa shape index (κ2) is 5.06. The monoisotopic (exact) mass is 163 g/mol. The molecule has 0 saturated carbocycles. The third-order valence-corrected chi connectivity index (χ3v) is 1.00. The van der Waals surface area contributed by atoms with Gasteiger partial charge in [-0.1, -0.05) is 0 Å². The van der Waals surface area contributed by atoms with Gasteiger partial charge in [0.1, 0.15) is 18.8 Å². The van der Waals surface area contributed by atoms with E-state index in [9.17, 15) is 4.79 Å². The van der Waals surface area contributed by atoms with Crippen molar-refractivity contribution in [2.24, 2.45) is 5.73 Å². The summed E-state index contributed by atoms with van der Waals surface area (Å²) in [7, 11) is 0. The molecule has 0 aliphatic rings. The third kappa shape index (κ3) is 4.72. The lowest BCUT2D eigenvalue weighted by atomic mass is 10.4. The van der Waals surface area contributed by atoms with E-state index in [-0.39, 0.29) is 6.61 Å². The zero-order valence-corrected chi connectivity index (χ0v) is 6.36. The summed E-state index contributed by atoms with van der Waals surface area (Å²) in [5.41, 5.74) is 5.14. The van der Waals surface area contributed by atoms with Crippen LogP contribution in [0.4, 0.5) is 0 Å². The lowest BCUT2D eigenvalue weighted by Crippen LogP contribution is -2.32. The van der Waals surface area contributed by atoms with Crippen molar-refractivity contribution in [3.63, 3.8) is 0 Å². The van der Waals surface area contributed by atoms with E-state index in [1.54, 1.807) is 0 Å². The Labute approximate surface area is 64.8 Å². The van der Waals surface area contributed by atoms with Crippen LogP contribution in [0.5, 0.6) is 0 Å². The van der Waals surface area contributed by atoms with Crippen molar-refractivity contribution in [3.05, 3.63) is 0 Å². The molecule has 0 aliphatic carbocycles. The molecule has 0 radical (unpaired) electrons. The second-order valence-electron chi connectivity index (χ2n) is 2.26. The molecule has 5 heteroatoms. The van der Waals surface area contributed by atoms with Crippen molar-refractivity contribution in [2.75, 3.05) is 13.2 Å². The molecular weight excluding hydrogens is 150 g/mol. The zero-order chi connectivity index (χ0) is 8.85. The van der Waals surface area contributed by atoms with Gasteiger partial charge in [0.05, 0.1) is 6.61 Å². The van der Waals surface area contributed by atoms with E-state index in [4.69, 9.17) is 15.9 Å². The van der Waals surface area contributed by atoms with Crippen molar-refractivity contribution in [3.8, 4) is 0 Å². The summed E-state index contributed by atoms with van der Waals surface area (Å²) in [5.74, 6) is -0.586. The molecule has 0 fully saturated rings. The molecule has 0 rings (SSSR count). The molecule has 0 aliphatic heterocycles. The summed E-state index contributed by atoms with van der Waals surface area (Å²) in [5, 5.41) is 17.0. The molecule has 2 atom stereocenters. The molecule has 11 heavy (non-hydrogen) atoms. The minimum atomic E-state index is -1.02. The van der Waals surface area contributed by atoms with Crippen molar-refractivity contribution in [2.45, 2.75) is 19.1 Å². The molecular formula is C6H13NO4. The number of aliphatic hydroxyl groups is 2. The van der Waals surface area contributed by atoms with Gasteiger partial charge < -0.3 is 20.7 Å². The number of aliphatic hydroxyl groups excluding tert-OH is 2. The average Bonchev–Trinajstić information content (AvgIpc) is 1.99. The molecule has 0 aromatic heterocycles. The summed E-state index contributed by atoms with van der Waals surface area (Å²) >= 11 is 0. The van der Waals surface area contributed by atoms with Gasteiger partial charge in [0.2, 0.25) is 0 Å². The van der Waals surface area contributed by atoms with E-state index in [2.05, 4.69) is 4.74 Å². The van der Waals surface area contributed by atoms with Gasteiger partial charge in [-0.2, -0.15) is 0 Å². The van der Waals surface area contributed by atoms with E-state index in [0.29, 0.717) is 0 Å². The molecule has 0 spiro atoms. The van der Waals surface area contributed by atoms with Crippen molar-refractivity contribution >= 4 is 5.97 Å². The predicted molar refractivity (Wildman–Crippen MR) is 37.7 cm³/mol. The standard InChI is InChI=1S/C6H13NO4/c1-4(7)6(10)11-3-5(9)2-8/h4-5,8-9H,2-3,7H2,1H3/t4-,5?/m1/s1. The van der Waals surface area contributed by atoms with Gasteiger partial charge in [-0.3, -0.25) is 4.79 Å². The van der Waals surface area contributed by atoms with E-state index >= 15 is 0 Å². The molecule has 0 aromatic carbocycles. The van der Waals surface area contributed by atoms with Gasteiger partial charge in [0.15, 0.2) is 0 Å². The summed E-state index contributed by atoms with van der Waals surface area (Å²) < 4.78 is 4.48. The number of esters is 1. The van der Waals surface area contributed by atoms with Crippen LogP contribution in [0, 0.1) is 0 Å². The Kier molecular flexibility index (Phi) is 4.76. The lowest BCUT2D eigenvalue weighted by molar-refractivity contribution is -0.148. The largest absolute Gasteiger partial charge is 0.462 e. The van der Waals surface area contributed by atoms with Gasteiger partial charge in [-0.05, 0) is 6.92 Å². The molecule has 66 valence electrons. The first-order chi connectivity index (χ1) is 5.07. The molecule has 0 aromatic rings. The Morgan fingerprint density at radius 3 is 2.64 bits per heavy atom. The number of rotatable bonds is 4. The van der Waals surface area contributed by atoms with Crippen LogP contribution in [-0.4, -0.2) is 41.5 Å². The third-order valence-electron chi connectivity index (χ3n) is 1.00. The Bertz CT molecular complexity index is 126. The van der Waals surface area contributed by atoms with E-state index < -0.39 is 24.7 Å². The Hall–Kier alpha value is -0.650. The number of hydrogen-bond donors (Lipinski definition) is 3. The van der Waals surface area contributed by atoms with E-state index in [1.165, 1.54) is 6.92 Å². The SMILES string of the molecule is C[C@@H](N)C(=O)OCC(O)CO. The van der Waals surface area contributed by atoms with Crippen LogP contribution < -0.4 is 5.73 Å².